The number of amides is 1. The third kappa shape index (κ3) is 6.10. The van der Waals surface area contributed by atoms with Crippen LogP contribution < -0.4 is 14.8 Å². The van der Waals surface area contributed by atoms with Crippen LogP contribution in [0.1, 0.15) is 11.1 Å². The van der Waals surface area contributed by atoms with Crippen LogP contribution in [0.3, 0.4) is 0 Å². The molecule has 0 radical (unpaired) electrons. The van der Waals surface area contributed by atoms with E-state index in [4.69, 9.17) is 16.3 Å². The maximum atomic E-state index is 13.2. The summed E-state index contributed by atoms with van der Waals surface area (Å²) >= 11 is 6.08. The van der Waals surface area contributed by atoms with Crippen LogP contribution in [-0.4, -0.2) is 32.4 Å². The highest BCUT2D eigenvalue weighted by Gasteiger charge is 2.27. The van der Waals surface area contributed by atoms with Crippen LogP contribution in [0.25, 0.3) is 0 Å². The molecule has 0 aliphatic carbocycles. The van der Waals surface area contributed by atoms with Gasteiger partial charge in [0, 0.05) is 12.1 Å². The summed E-state index contributed by atoms with van der Waals surface area (Å²) in [5, 5.41) is 13.8. The van der Waals surface area contributed by atoms with Crippen LogP contribution in [0.4, 0.5) is 11.4 Å². The van der Waals surface area contributed by atoms with Gasteiger partial charge in [0.25, 0.3) is 5.69 Å². The van der Waals surface area contributed by atoms with E-state index in [0.717, 1.165) is 0 Å². The Hall–Kier alpha value is -3.47. The maximum absolute atomic E-state index is 13.2. The minimum Gasteiger partial charge on any atom is -0.495 e. The molecule has 0 aromatic heterocycles. The number of nitro benzene ring substituents is 1. The molecule has 0 aliphatic rings. The average molecular weight is 504 g/mol. The number of ether oxygens (including phenoxy) is 1. The monoisotopic (exact) mass is 503 g/mol. The Labute approximate surface area is 201 Å². The second kappa shape index (κ2) is 10.6. The van der Waals surface area contributed by atoms with Crippen molar-refractivity contribution in [3.63, 3.8) is 0 Å². The topological polar surface area (TPSA) is 128 Å². The van der Waals surface area contributed by atoms with Gasteiger partial charge in [-0.2, -0.15) is 4.72 Å². The first-order chi connectivity index (χ1) is 16.1. The summed E-state index contributed by atoms with van der Waals surface area (Å²) in [6.45, 7) is 1.68. The summed E-state index contributed by atoms with van der Waals surface area (Å²) in [6, 6.07) is 15.7. The lowest BCUT2D eigenvalue weighted by molar-refractivity contribution is -0.384. The van der Waals surface area contributed by atoms with Gasteiger partial charge in [0.05, 0.1) is 27.6 Å². The van der Waals surface area contributed by atoms with Crippen molar-refractivity contribution in [2.45, 2.75) is 24.3 Å². The molecule has 0 heterocycles. The Kier molecular flexibility index (Phi) is 7.87. The van der Waals surface area contributed by atoms with Gasteiger partial charge in [-0.05, 0) is 42.7 Å². The Morgan fingerprint density at radius 1 is 1.12 bits per heavy atom. The summed E-state index contributed by atoms with van der Waals surface area (Å²) < 4.78 is 33.6. The number of hydrogen-bond donors (Lipinski definition) is 2. The molecule has 3 aromatic rings. The molecule has 0 spiro atoms. The Bertz CT molecular complexity index is 1320. The van der Waals surface area contributed by atoms with Crippen LogP contribution in [0, 0.1) is 17.0 Å². The minimum absolute atomic E-state index is 0.0454. The van der Waals surface area contributed by atoms with Gasteiger partial charge in [-0.15, -0.1) is 0 Å². The highest BCUT2D eigenvalue weighted by atomic mass is 35.5. The molecule has 0 aliphatic heterocycles. The van der Waals surface area contributed by atoms with Crippen LogP contribution in [0.5, 0.6) is 5.75 Å². The molecule has 0 saturated carbocycles. The van der Waals surface area contributed by atoms with Gasteiger partial charge in [-0.25, -0.2) is 8.42 Å². The maximum Gasteiger partial charge on any atom is 0.271 e. The zero-order chi connectivity index (χ0) is 24.9. The fourth-order valence-corrected chi connectivity index (χ4v) is 4.73. The van der Waals surface area contributed by atoms with E-state index >= 15 is 0 Å². The van der Waals surface area contributed by atoms with E-state index in [9.17, 15) is 23.3 Å². The molecule has 3 rings (SSSR count). The summed E-state index contributed by atoms with van der Waals surface area (Å²) in [7, 11) is -2.75. The SMILES string of the molecule is COc1ccc(S(=O)(=O)N[C@@H](Cc2ccccc2)C(=O)Nc2cc([N+](=O)[O-])ccc2C)cc1Cl. The molecule has 0 saturated heterocycles. The standard InChI is InChI=1S/C23H22ClN3O6S/c1-15-8-9-17(27(29)30)13-20(15)25-23(28)21(12-16-6-4-3-5-7-16)26-34(31,32)18-10-11-22(33-2)19(24)14-18/h3-11,13-14,21,26H,12H2,1-2H3,(H,25,28)/t21-/m0/s1. The molecule has 0 unspecified atom stereocenters. The number of hydrogen-bond acceptors (Lipinski definition) is 6. The second-order valence-electron chi connectivity index (χ2n) is 7.41. The number of nitrogens with one attached hydrogen (secondary N) is 2. The zero-order valence-corrected chi connectivity index (χ0v) is 19.9. The number of nitrogens with zero attached hydrogens (tertiary/aromatic N) is 1. The Balaban J connectivity index is 1.92. The molecule has 2 N–H and O–H groups in total. The third-order valence-corrected chi connectivity index (χ3v) is 6.78. The molecule has 178 valence electrons. The number of methoxy groups -OCH3 is 1. The number of sulfonamides is 1. The summed E-state index contributed by atoms with van der Waals surface area (Å²) in [5.74, 6) is -0.365. The van der Waals surface area contributed by atoms with E-state index < -0.39 is 26.9 Å². The number of nitro groups is 1. The van der Waals surface area contributed by atoms with Crippen molar-refractivity contribution in [1.82, 2.24) is 4.72 Å². The molecule has 3 aromatic carbocycles. The zero-order valence-electron chi connectivity index (χ0n) is 18.3. The predicted octanol–water partition coefficient (Wildman–Crippen LogP) is 4.09. The fourth-order valence-electron chi connectivity index (χ4n) is 3.19. The van der Waals surface area contributed by atoms with Crippen LogP contribution in [0.2, 0.25) is 5.02 Å². The number of non-ortho nitro benzene ring substituents is 1. The molecule has 1 atom stereocenters. The van der Waals surface area contributed by atoms with Crippen molar-refractivity contribution in [1.29, 1.82) is 0 Å². The number of carbonyl (C=O) groups excluding carboxylic acids is 1. The van der Waals surface area contributed by atoms with Gasteiger partial charge in [-0.3, -0.25) is 14.9 Å². The highest BCUT2D eigenvalue weighted by molar-refractivity contribution is 7.89. The van der Waals surface area contributed by atoms with E-state index in [1.807, 2.05) is 0 Å². The number of halogens is 1. The molecule has 9 nitrogen and oxygen atoms in total. The summed E-state index contributed by atoms with van der Waals surface area (Å²) in [5.41, 5.74) is 1.31. The second-order valence-corrected chi connectivity index (χ2v) is 9.53. The van der Waals surface area contributed by atoms with Crippen molar-refractivity contribution >= 4 is 38.9 Å². The first-order valence-corrected chi connectivity index (χ1v) is 11.9. The molecule has 0 fully saturated rings. The summed E-state index contributed by atoms with van der Waals surface area (Å²) in [6.07, 6.45) is 0.0454. The van der Waals surface area contributed by atoms with Gasteiger partial charge in [-0.1, -0.05) is 48.0 Å². The van der Waals surface area contributed by atoms with E-state index in [-0.39, 0.29) is 27.7 Å². The molecule has 1 amide bonds. The normalized spacial score (nSPS) is 12.1. The molecule has 11 heteroatoms. The average Bonchev–Trinajstić information content (AvgIpc) is 2.80. The fraction of sp³-hybridized carbons (Fsp3) is 0.174. The van der Waals surface area contributed by atoms with Crippen LogP contribution in [0.15, 0.2) is 71.6 Å². The Morgan fingerprint density at radius 2 is 1.82 bits per heavy atom. The van der Waals surface area contributed by atoms with Crippen LogP contribution in [-0.2, 0) is 21.2 Å². The van der Waals surface area contributed by atoms with Gasteiger partial charge >= 0.3 is 0 Å². The number of carbonyl (C=O) groups is 1. The third-order valence-electron chi connectivity index (χ3n) is 5.02. The van der Waals surface area contributed by atoms with Crippen LogP contribution >= 0.6 is 11.6 Å². The lowest BCUT2D eigenvalue weighted by Crippen LogP contribution is -2.45. The number of rotatable bonds is 9. The van der Waals surface area contributed by atoms with Gasteiger partial charge < -0.3 is 10.1 Å². The van der Waals surface area contributed by atoms with Gasteiger partial charge in [0.1, 0.15) is 11.8 Å². The van der Waals surface area contributed by atoms with E-state index in [0.29, 0.717) is 16.9 Å². The lowest BCUT2D eigenvalue weighted by Gasteiger charge is -2.20. The van der Waals surface area contributed by atoms with Crippen molar-refractivity contribution in [2.24, 2.45) is 0 Å². The molecule has 34 heavy (non-hydrogen) atoms. The number of anilines is 1. The first-order valence-electron chi connectivity index (χ1n) is 10.1. The van der Waals surface area contributed by atoms with Crippen molar-refractivity contribution in [3.8, 4) is 5.75 Å². The molecule has 0 bridgehead atoms. The largest absolute Gasteiger partial charge is 0.495 e. The quantitative estimate of drug-likeness (QED) is 0.334. The molecular formula is C23H22ClN3O6S. The van der Waals surface area contributed by atoms with Gasteiger partial charge in [0.2, 0.25) is 15.9 Å². The van der Waals surface area contributed by atoms with Crippen molar-refractivity contribution in [3.05, 3.63) is 93.0 Å². The number of aryl methyl sites for hydroxylation is 1. The minimum atomic E-state index is -4.16. The van der Waals surface area contributed by atoms with E-state index in [1.54, 1.807) is 37.3 Å². The Morgan fingerprint density at radius 3 is 2.44 bits per heavy atom. The smallest absolute Gasteiger partial charge is 0.271 e. The molecular weight excluding hydrogens is 482 g/mol. The van der Waals surface area contributed by atoms with E-state index in [2.05, 4.69) is 10.0 Å². The van der Waals surface area contributed by atoms with Crippen molar-refractivity contribution in [2.75, 3.05) is 12.4 Å². The highest BCUT2D eigenvalue weighted by Crippen LogP contribution is 2.27. The number of benzene rings is 3. The summed E-state index contributed by atoms with van der Waals surface area (Å²) in [4.78, 5) is 23.6. The first kappa shape index (κ1) is 25.2. The van der Waals surface area contributed by atoms with Crippen molar-refractivity contribution < 1.29 is 22.9 Å². The lowest BCUT2D eigenvalue weighted by atomic mass is 10.1. The predicted molar refractivity (Wildman–Crippen MR) is 129 cm³/mol. The van der Waals surface area contributed by atoms with E-state index in [1.165, 1.54) is 43.5 Å². The van der Waals surface area contributed by atoms with Gasteiger partial charge in [0.15, 0.2) is 0 Å².